The number of nitrogen functional groups attached to an aromatic ring is 1. The number of anilines is 1. The maximum absolute atomic E-state index is 12.4. The van der Waals surface area contributed by atoms with Gasteiger partial charge in [0.2, 0.25) is 5.91 Å². The fraction of sp³-hybridized carbons (Fsp3) is 0.375. The van der Waals surface area contributed by atoms with Gasteiger partial charge in [0.15, 0.2) is 0 Å². The molecule has 1 fully saturated rings. The van der Waals surface area contributed by atoms with E-state index in [-0.39, 0.29) is 48.8 Å². The summed E-state index contributed by atoms with van der Waals surface area (Å²) in [5, 5.41) is 8.91. The molecule has 0 radical (unpaired) electrons. The van der Waals surface area contributed by atoms with E-state index in [9.17, 15) is 19.2 Å². The van der Waals surface area contributed by atoms with E-state index in [0.29, 0.717) is 13.1 Å². The second-order valence-corrected chi connectivity index (χ2v) is 5.93. The molecule has 132 valence electrons. The number of benzene rings is 1. The molecule has 1 aromatic carbocycles. The van der Waals surface area contributed by atoms with Gasteiger partial charge in [-0.05, 0) is 12.1 Å². The minimum atomic E-state index is -1.00. The molecule has 0 unspecified atom stereocenters. The van der Waals surface area contributed by atoms with E-state index in [4.69, 9.17) is 10.8 Å². The lowest BCUT2D eigenvalue weighted by atomic mass is 10.1. The first-order valence-electron chi connectivity index (χ1n) is 7.90. The van der Waals surface area contributed by atoms with Crippen molar-refractivity contribution in [2.75, 3.05) is 38.5 Å². The number of nitrogens with zero attached hydrogens (tertiary/aromatic N) is 3. The van der Waals surface area contributed by atoms with E-state index in [1.807, 2.05) is 0 Å². The SMILES string of the molecule is Nc1cccc2c1C(=O)N(CCC(=O)N1CCN(C(=O)O)CC1)C2=O. The van der Waals surface area contributed by atoms with E-state index in [0.717, 1.165) is 4.90 Å². The van der Waals surface area contributed by atoms with Gasteiger partial charge in [0.1, 0.15) is 0 Å². The molecule has 0 bridgehead atoms. The predicted molar refractivity (Wildman–Crippen MR) is 87.0 cm³/mol. The zero-order valence-corrected chi connectivity index (χ0v) is 13.5. The van der Waals surface area contributed by atoms with E-state index >= 15 is 0 Å². The molecule has 1 saturated heterocycles. The molecular formula is C16H18N4O5. The lowest BCUT2D eigenvalue weighted by Gasteiger charge is -2.33. The highest BCUT2D eigenvalue weighted by Crippen LogP contribution is 2.27. The first-order chi connectivity index (χ1) is 11.9. The summed E-state index contributed by atoms with van der Waals surface area (Å²) in [6.45, 7) is 1.10. The van der Waals surface area contributed by atoms with Crippen LogP contribution >= 0.6 is 0 Å². The molecule has 25 heavy (non-hydrogen) atoms. The minimum absolute atomic E-state index is 0.00154. The fourth-order valence-corrected chi connectivity index (χ4v) is 3.08. The first-order valence-corrected chi connectivity index (χ1v) is 7.90. The molecule has 4 amide bonds. The van der Waals surface area contributed by atoms with Crippen molar-refractivity contribution in [2.45, 2.75) is 6.42 Å². The highest BCUT2D eigenvalue weighted by Gasteiger charge is 2.37. The molecule has 2 heterocycles. The van der Waals surface area contributed by atoms with Crippen LogP contribution in [0.15, 0.2) is 18.2 Å². The third kappa shape index (κ3) is 3.00. The topological polar surface area (TPSA) is 124 Å². The average Bonchev–Trinajstić information content (AvgIpc) is 2.85. The normalized spacial score (nSPS) is 17.0. The summed E-state index contributed by atoms with van der Waals surface area (Å²) in [6, 6.07) is 4.70. The Balaban J connectivity index is 1.59. The van der Waals surface area contributed by atoms with Gasteiger partial charge in [0.05, 0.1) is 11.1 Å². The van der Waals surface area contributed by atoms with Gasteiger partial charge in [-0.2, -0.15) is 0 Å². The Morgan fingerprint density at radius 3 is 2.28 bits per heavy atom. The Morgan fingerprint density at radius 2 is 1.68 bits per heavy atom. The Hall–Kier alpha value is -3.10. The third-order valence-electron chi connectivity index (χ3n) is 4.48. The van der Waals surface area contributed by atoms with Crippen molar-refractivity contribution >= 4 is 29.5 Å². The van der Waals surface area contributed by atoms with Crippen LogP contribution in [0.25, 0.3) is 0 Å². The number of nitrogens with two attached hydrogens (primary N) is 1. The van der Waals surface area contributed by atoms with E-state index in [2.05, 4.69) is 0 Å². The number of piperazine rings is 1. The molecule has 9 nitrogen and oxygen atoms in total. The summed E-state index contributed by atoms with van der Waals surface area (Å²) in [7, 11) is 0. The minimum Gasteiger partial charge on any atom is -0.465 e. The number of carbonyl (C=O) groups is 4. The smallest absolute Gasteiger partial charge is 0.407 e. The van der Waals surface area contributed by atoms with Crippen LogP contribution in [-0.4, -0.2) is 76.3 Å². The highest BCUT2D eigenvalue weighted by atomic mass is 16.4. The number of rotatable bonds is 3. The van der Waals surface area contributed by atoms with Gasteiger partial charge < -0.3 is 20.6 Å². The van der Waals surface area contributed by atoms with Crippen LogP contribution in [-0.2, 0) is 4.79 Å². The van der Waals surface area contributed by atoms with E-state index in [1.165, 1.54) is 4.90 Å². The van der Waals surface area contributed by atoms with Crippen LogP contribution < -0.4 is 5.73 Å². The number of amides is 4. The van der Waals surface area contributed by atoms with Crippen molar-refractivity contribution in [1.82, 2.24) is 14.7 Å². The van der Waals surface area contributed by atoms with Gasteiger partial charge in [-0.25, -0.2) is 4.79 Å². The first kappa shape index (κ1) is 16.7. The standard InChI is InChI=1S/C16H18N4O5/c17-11-3-1-2-10-13(11)15(23)20(14(10)22)5-4-12(21)18-6-8-19(9-7-18)16(24)25/h1-3H,4-9,17H2,(H,24,25). The summed E-state index contributed by atoms with van der Waals surface area (Å²) in [5.41, 5.74) is 6.46. The Labute approximate surface area is 143 Å². The van der Waals surface area contributed by atoms with Crippen LogP contribution in [0, 0.1) is 0 Å². The van der Waals surface area contributed by atoms with Gasteiger partial charge in [-0.3, -0.25) is 19.3 Å². The van der Waals surface area contributed by atoms with Crippen molar-refractivity contribution in [3.8, 4) is 0 Å². The Bertz CT molecular complexity index is 755. The molecule has 9 heteroatoms. The molecule has 0 aliphatic carbocycles. The number of carboxylic acid groups (broad SMARTS) is 1. The lowest BCUT2D eigenvalue weighted by molar-refractivity contribution is -0.132. The van der Waals surface area contributed by atoms with Crippen molar-refractivity contribution in [3.63, 3.8) is 0 Å². The highest BCUT2D eigenvalue weighted by molar-refractivity contribution is 6.23. The summed E-state index contributed by atoms with van der Waals surface area (Å²) in [5.74, 6) is -1.15. The number of fused-ring (bicyclic) bond motifs is 1. The number of hydrogen-bond donors (Lipinski definition) is 2. The van der Waals surface area contributed by atoms with Crippen LogP contribution in [0.4, 0.5) is 10.5 Å². The maximum Gasteiger partial charge on any atom is 0.407 e. The number of imide groups is 1. The van der Waals surface area contributed by atoms with Crippen molar-refractivity contribution in [1.29, 1.82) is 0 Å². The van der Waals surface area contributed by atoms with Crippen molar-refractivity contribution in [3.05, 3.63) is 29.3 Å². The van der Waals surface area contributed by atoms with Crippen molar-refractivity contribution in [2.24, 2.45) is 0 Å². The summed E-state index contributed by atoms with van der Waals surface area (Å²) in [4.78, 5) is 51.6. The lowest BCUT2D eigenvalue weighted by Crippen LogP contribution is -2.50. The fourth-order valence-electron chi connectivity index (χ4n) is 3.08. The molecule has 3 rings (SSSR count). The third-order valence-corrected chi connectivity index (χ3v) is 4.48. The zero-order valence-electron chi connectivity index (χ0n) is 13.5. The largest absolute Gasteiger partial charge is 0.465 e. The molecule has 0 aromatic heterocycles. The second-order valence-electron chi connectivity index (χ2n) is 5.93. The molecule has 0 spiro atoms. The van der Waals surface area contributed by atoms with Gasteiger partial charge >= 0.3 is 6.09 Å². The Kier molecular flexibility index (Phi) is 4.30. The average molecular weight is 346 g/mol. The Morgan fingerprint density at radius 1 is 1.04 bits per heavy atom. The summed E-state index contributed by atoms with van der Waals surface area (Å²) < 4.78 is 0. The van der Waals surface area contributed by atoms with Crippen LogP contribution in [0.3, 0.4) is 0 Å². The van der Waals surface area contributed by atoms with E-state index < -0.39 is 17.9 Å². The maximum atomic E-state index is 12.4. The monoisotopic (exact) mass is 346 g/mol. The number of hydrogen-bond acceptors (Lipinski definition) is 5. The van der Waals surface area contributed by atoms with Gasteiger partial charge in [0, 0.05) is 44.8 Å². The van der Waals surface area contributed by atoms with Crippen LogP contribution in [0.5, 0.6) is 0 Å². The van der Waals surface area contributed by atoms with Gasteiger partial charge in [-0.15, -0.1) is 0 Å². The molecule has 2 aliphatic rings. The molecule has 0 saturated carbocycles. The molecule has 3 N–H and O–H groups in total. The quantitative estimate of drug-likeness (QED) is 0.590. The molecule has 1 aromatic rings. The van der Waals surface area contributed by atoms with Crippen LogP contribution in [0.1, 0.15) is 27.1 Å². The molecule has 0 atom stereocenters. The zero-order chi connectivity index (χ0) is 18.1. The van der Waals surface area contributed by atoms with E-state index in [1.54, 1.807) is 23.1 Å². The predicted octanol–water partition coefficient (Wildman–Crippen LogP) is 0.0771. The van der Waals surface area contributed by atoms with Gasteiger partial charge in [0.25, 0.3) is 11.8 Å². The number of carbonyl (C=O) groups excluding carboxylic acids is 3. The summed E-state index contributed by atoms with van der Waals surface area (Å²) in [6.07, 6.45) is -1.01. The molecular weight excluding hydrogens is 328 g/mol. The molecule has 2 aliphatic heterocycles. The summed E-state index contributed by atoms with van der Waals surface area (Å²) >= 11 is 0. The van der Waals surface area contributed by atoms with Crippen LogP contribution in [0.2, 0.25) is 0 Å². The van der Waals surface area contributed by atoms with Crippen molar-refractivity contribution < 1.29 is 24.3 Å². The van der Waals surface area contributed by atoms with Gasteiger partial charge in [-0.1, -0.05) is 6.07 Å². The second kappa shape index (κ2) is 6.42.